The molecule has 2 unspecified atom stereocenters. The second-order valence-electron chi connectivity index (χ2n) is 4.91. The van der Waals surface area contributed by atoms with Crippen LogP contribution in [0.1, 0.15) is 20.3 Å². The molecule has 1 saturated carbocycles. The molecule has 0 radical (unpaired) electrons. The van der Waals surface area contributed by atoms with E-state index in [2.05, 4.69) is 19.2 Å². The zero-order valence-electron chi connectivity index (χ0n) is 8.10. The van der Waals surface area contributed by atoms with Crippen LogP contribution in [0.25, 0.3) is 0 Å². The normalized spacial score (nSPS) is 37.5. The molecule has 0 bridgehead atoms. The van der Waals surface area contributed by atoms with Crippen LogP contribution in [0.15, 0.2) is 0 Å². The molecule has 0 aromatic carbocycles. The number of hydrogen-bond donors (Lipinski definition) is 1. The van der Waals surface area contributed by atoms with E-state index in [4.69, 9.17) is 4.74 Å². The van der Waals surface area contributed by atoms with E-state index >= 15 is 0 Å². The van der Waals surface area contributed by atoms with Gasteiger partial charge in [-0.2, -0.15) is 0 Å². The molecule has 1 aliphatic heterocycles. The van der Waals surface area contributed by atoms with Gasteiger partial charge in [0.25, 0.3) is 0 Å². The van der Waals surface area contributed by atoms with E-state index < -0.39 is 0 Å². The maximum atomic E-state index is 5.19. The van der Waals surface area contributed by atoms with Gasteiger partial charge in [0, 0.05) is 12.0 Å². The monoisotopic (exact) mass is 169 g/mol. The lowest BCUT2D eigenvalue weighted by molar-refractivity contribution is -0.0990. The topological polar surface area (TPSA) is 21.3 Å². The van der Waals surface area contributed by atoms with Crippen molar-refractivity contribution in [3.05, 3.63) is 0 Å². The van der Waals surface area contributed by atoms with Crippen LogP contribution in [0.4, 0.5) is 0 Å². The smallest absolute Gasteiger partial charge is 0.0554 e. The van der Waals surface area contributed by atoms with Gasteiger partial charge in [-0.15, -0.1) is 0 Å². The van der Waals surface area contributed by atoms with E-state index in [1.54, 1.807) is 0 Å². The summed E-state index contributed by atoms with van der Waals surface area (Å²) in [6.07, 6.45) is 1.43. The average Bonchev–Trinajstić information content (AvgIpc) is 2.63. The summed E-state index contributed by atoms with van der Waals surface area (Å²) in [5.41, 5.74) is 0.443. The minimum atomic E-state index is 0.443. The minimum Gasteiger partial charge on any atom is -0.380 e. The zero-order valence-corrected chi connectivity index (χ0v) is 8.10. The van der Waals surface area contributed by atoms with Crippen LogP contribution in [-0.4, -0.2) is 26.3 Å². The summed E-state index contributed by atoms with van der Waals surface area (Å²) in [5, 5.41) is 3.54. The van der Waals surface area contributed by atoms with Gasteiger partial charge < -0.3 is 10.1 Å². The van der Waals surface area contributed by atoms with Gasteiger partial charge >= 0.3 is 0 Å². The van der Waals surface area contributed by atoms with E-state index in [0.29, 0.717) is 5.41 Å². The first-order valence-electron chi connectivity index (χ1n) is 4.98. The standard InChI is InChI=1S/C10H19NO/c1-8-3-9(8)4-11-5-10(2)6-12-7-10/h8-9,11H,3-7H2,1-2H3. The number of rotatable bonds is 4. The molecule has 12 heavy (non-hydrogen) atoms. The van der Waals surface area contributed by atoms with Gasteiger partial charge in [-0.1, -0.05) is 13.8 Å². The molecule has 0 spiro atoms. The first kappa shape index (κ1) is 8.52. The molecule has 2 atom stereocenters. The van der Waals surface area contributed by atoms with Crippen molar-refractivity contribution >= 4 is 0 Å². The third-order valence-corrected chi connectivity index (χ3v) is 3.14. The van der Waals surface area contributed by atoms with Gasteiger partial charge in [-0.25, -0.2) is 0 Å². The van der Waals surface area contributed by atoms with E-state index in [-0.39, 0.29) is 0 Å². The maximum Gasteiger partial charge on any atom is 0.0554 e. The molecule has 2 nitrogen and oxygen atoms in total. The Bertz CT molecular complexity index is 165. The maximum absolute atomic E-state index is 5.19. The molecule has 1 saturated heterocycles. The van der Waals surface area contributed by atoms with Gasteiger partial charge in [0.05, 0.1) is 13.2 Å². The molecule has 2 fully saturated rings. The highest BCUT2D eigenvalue weighted by Gasteiger charge is 2.35. The molecule has 2 aliphatic rings. The number of ether oxygens (including phenoxy) is 1. The average molecular weight is 169 g/mol. The predicted molar refractivity (Wildman–Crippen MR) is 49.1 cm³/mol. The summed E-state index contributed by atoms with van der Waals surface area (Å²) in [6.45, 7) is 8.87. The second kappa shape index (κ2) is 3.00. The Labute approximate surface area is 74.7 Å². The molecular formula is C10H19NO. The van der Waals surface area contributed by atoms with Crippen LogP contribution >= 0.6 is 0 Å². The van der Waals surface area contributed by atoms with E-state index in [1.807, 2.05) is 0 Å². The quantitative estimate of drug-likeness (QED) is 0.684. The fourth-order valence-electron chi connectivity index (χ4n) is 1.80. The summed E-state index contributed by atoms with van der Waals surface area (Å²) in [5.74, 6) is 1.94. The summed E-state index contributed by atoms with van der Waals surface area (Å²) in [4.78, 5) is 0. The lowest BCUT2D eigenvalue weighted by atomic mass is 9.89. The van der Waals surface area contributed by atoms with Crippen molar-refractivity contribution in [3.8, 4) is 0 Å². The fourth-order valence-corrected chi connectivity index (χ4v) is 1.80. The van der Waals surface area contributed by atoms with E-state index in [1.165, 1.54) is 13.0 Å². The highest BCUT2D eigenvalue weighted by molar-refractivity contribution is 4.87. The molecule has 2 heteroatoms. The van der Waals surface area contributed by atoms with Crippen molar-refractivity contribution in [2.24, 2.45) is 17.3 Å². The first-order chi connectivity index (χ1) is 5.70. The highest BCUT2D eigenvalue weighted by Crippen LogP contribution is 2.37. The molecule has 1 heterocycles. The summed E-state index contributed by atoms with van der Waals surface area (Å²) >= 11 is 0. The lowest BCUT2D eigenvalue weighted by Gasteiger charge is -2.38. The van der Waals surface area contributed by atoms with Crippen molar-refractivity contribution in [1.29, 1.82) is 0 Å². The van der Waals surface area contributed by atoms with Gasteiger partial charge in [0.15, 0.2) is 0 Å². The van der Waals surface area contributed by atoms with Crippen molar-refractivity contribution in [3.63, 3.8) is 0 Å². The van der Waals surface area contributed by atoms with Crippen molar-refractivity contribution in [1.82, 2.24) is 5.32 Å². The molecular weight excluding hydrogens is 150 g/mol. The largest absolute Gasteiger partial charge is 0.380 e. The molecule has 70 valence electrons. The summed E-state index contributed by atoms with van der Waals surface area (Å²) < 4.78 is 5.19. The Kier molecular flexibility index (Phi) is 2.13. The molecule has 0 aromatic rings. The summed E-state index contributed by atoms with van der Waals surface area (Å²) in [7, 11) is 0. The van der Waals surface area contributed by atoms with Gasteiger partial charge in [-0.05, 0) is 24.8 Å². The van der Waals surface area contributed by atoms with Crippen LogP contribution in [-0.2, 0) is 4.74 Å². The molecule has 1 N–H and O–H groups in total. The SMILES string of the molecule is CC1CC1CNCC1(C)COC1. The highest BCUT2D eigenvalue weighted by atomic mass is 16.5. The van der Waals surface area contributed by atoms with Crippen LogP contribution in [0.3, 0.4) is 0 Å². The van der Waals surface area contributed by atoms with Gasteiger partial charge in [-0.3, -0.25) is 0 Å². The summed E-state index contributed by atoms with van der Waals surface area (Å²) in [6, 6.07) is 0. The number of hydrogen-bond acceptors (Lipinski definition) is 2. The Morgan fingerprint density at radius 1 is 1.50 bits per heavy atom. The molecule has 1 aliphatic carbocycles. The van der Waals surface area contributed by atoms with Crippen LogP contribution in [0.2, 0.25) is 0 Å². The first-order valence-corrected chi connectivity index (χ1v) is 4.98. The van der Waals surface area contributed by atoms with Crippen molar-refractivity contribution in [2.45, 2.75) is 20.3 Å². The van der Waals surface area contributed by atoms with E-state index in [9.17, 15) is 0 Å². The predicted octanol–water partition coefficient (Wildman–Crippen LogP) is 1.27. The van der Waals surface area contributed by atoms with Crippen molar-refractivity contribution in [2.75, 3.05) is 26.3 Å². The van der Waals surface area contributed by atoms with Gasteiger partial charge in [0.1, 0.15) is 0 Å². The molecule has 2 rings (SSSR count). The Morgan fingerprint density at radius 3 is 2.58 bits per heavy atom. The third-order valence-electron chi connectivity index (χ3n) is 3.14. The Hall–Kier alpha value is -0.0800. The third kappa shape index (κ3) is 1.80. The Balaban J connectivity index is 1.56. The minimum absolute atomic E-state index is 0.443. The Morgan fingerprint density at radius 2 is 2.17 bits per heavy atom. The lowest BCUT2D eigenvalue weighted by Crippen LogP contribution is -2.47. The van der Waals surface area contributed by atoms with Crippen LogP contribution in [0.5, 0.6) is 0 Å². The molecule has 0 amide bonds. The zero-order chi connectivity index (χ0) is 8.60. The number of nitrogens with one attached hydrogen (secondary N) is 1. The fraction of sp³-hybridized carbons (Fsp3) is 1.00. The van der Waals surface area contributed by atoms with Gasteiger partial charge in [0.2, 0.25) is 0 Å². The molecule has 0 aromatic heterocycles. The van der Waals surface area contributed by atoms with E-state index in [0.717, 1.165) is 31.6 Å². The van der Waals surface area contributed by atoms with Crippen molar-refractivity contribution < 1.29 is 4.74 Å². The van der Waals surface area contributed by atoms with Crippen LogP contribution in [0, 0.1) is 17.3 Å². The second-order valence-corrected chi connectivity index (χ2v) is 4.91. The van der Waals surface area contributed by atoms with Crippen LogP contribution < -0.4 is 5.32 Å².